The molecule has 0 saturated carbocycles. The number of rotatable bonds is 4. The predicted molar refractivity (Wildman–Crippen MR) is 99.3 cm³/mol. The lowest BCUT2D eigenvalue weighted by atomic mass is 10.1. The van der Waals surface area contributed by atoms with Crippen molar-refractivity contribution in [2.24, 2.45) is 0 Å². The van der Waals surface area contributed by atoms with Gasteiger partial charge in [0.15, 0.2) is 0 Å². The van der Waals surface area contributed by atoms with Gasteiger partial charge in [-0.2, -0.15) is 13.2 Å². The van der Waals surface area contributed by atoms with Gasteiger partial charge < -0.3 is 5.32 Å². The quantitative estimate of drug-likeness (QED) is 0.223. The highest BCUT2D eigenvalue weighted by Gasteiger charge is 2.42. The van der Waals surface area contributed by atoms with E-state index in [-0.39, 0.29) is 16.9 Å². The van der Waals surface area contributed by atoms with Gasteiger partial charge in [0.05, 0.1) is 21.1 Å². The zero-order valence-electron chi connectivity index (χ0n) is 13.1. The fraction of sp³-hybridized carbons (Fsp3) is 0.167. The normalized spacial score (nSPS) is 12.0. The van der Waals surface area contributed by atoms with Gasteiger partial charge in [-0.15, -0.1) is 0 Å². The van der Waals surface area contributed by atoms with Crippen LogP contribution in [0.3, 0.4) is 0 Å². The van der Waals surface area contributed by atoms with E-state index >= 15 is 0 Å². The summed E-state index contributed by atoms with van der Waals surface area (Å²) in [7, 11) is 0. The molecule has 0 fully saturated rings. The number of nitrogens with one attached hydrogen (secondary N) is 1. The summed E-state index contributed by atoms with van der Waals surface area (Å²) < 4.78 is 37.2. The van der Waals surface area contributed by atoms with Crippen LogP contribution < -0.4 is 5.32 Å². The Labute approximate surface area is 183 Å². The summed E-state index contributed by atoms with van der Waals surface area (Å²) >= 11 is 28.2. The van der Waals surface area contributed by atoms with E-state index < -0.39 is 53.4 Å². The van der Waals surface area contributed by atoms with Crippen LogP contribution in [-0.2, 0) is 9.97 Å². The van der Waals surface area contributed by atoms with Crippen LogP contribution in [0.25, 0.3) is 0 Å². The summed E-state index contributed by atoms with van der Waals surface area (Å²) in [6, 6.07) is 1.04. The van der Waals surface area contributed by atoms with Crippen molar-refractivity contribution in [3.05, 3.63) is 53.8 Å². The Morgan fingerprint density at radius 2 is 1.59 bits per heavy atom. The van der Waals surface area contributed by atoms with Crippen LogP contribution >= 0.6 is 58.0 Å². The van der Waals surface area contributed by atoms with Crippen LogP contribution in [0, 0.1) is 20.2 Å². The number of hydrogen-bond acceptors (Lipinski definition) is 7. The molecular weight excluding hydrogens is 512 g/mol. The summed E-state index contributed by atoms with van der Waals surface area (Å²) in [5.74, 6) is -0.638. The maximum atomic E-state index is 13.1. The molecular formula is C12H3Cl5F3N5O4. The van der Waals surface area contributed by atoms with Crippen LogP contribution in [0.15, 0.2) is 12.1 Å². The highest BCUT2D eigenvalue weighted by molar-refractivity contribution is 6.66. The first-order valence-electron chi connectivity index (χ1n) is 6.74. The molecule has 1 heterocycles. The van der Waals surface area contributed by atoms with E-state index in [0.29, 0.717) is 0 Å². The first kappa shape index (κ1) is 23.4. The van der Waals surface area contributed by atoms with Crippen LogP contribution in [0.4, 0.5) is 36.2 Å². The largest absolute Gasteiger partial charge is 0.418 e. The minimum atomic E-state index is -5.21. The van der Waals surface area contributed by atoms with Crippen LogP contribution in [-0.4, -0.2) is 19.8 Å². The van der Waals surface area contributed by atoms with E-state index in [1.54, 1.807) is 0 Å². The molecule has 0 unspecified atom stereocenters. The lowest BCUT2D eigenvalue weighted by Gasteiger charge is -2.14. The third-order valence-electron chi connectivity index (χ3n) is 3.13. The number of nitro groups is 2. The minimum absolute atomic E-state index is 0.0259. The second kappa shape index (κ2) is 8.11. The molecule has 0 bridgehead atoms. The Hall–Kier alpha value is -1.86. The third kappa shape index (κ3) is 5.20. The highest BCUT2D eigenvalue weighted by Crippen LogP contribution is 2.48. The molecule has 0 aliphatic carbocycles. The highest BCUT2D eigenvalue weighted by atomic mass is 35.6. The van der Waals surface area contributed by atoms with Crippen molar-refractivity contribution < 1.29 is 23.0 Å². The van der Waals surface area contributed by atoms with E-state index in [9.17, 15) is 33.4 Å². The first-order chi connectivity index (χ1) is 13.1. The van der Waals surface area contributed by atoms with Crippen molar-refractivity contribution in [1.29, 1.82) is 0 Å². The number of benzene rings is 1. The number of nitrogens with zero attached hydrogens (tertiary/aromatic N) is 4. The zero-order chi connectivity index (χ0) is 22.3. The number of halogens is 8. The molecule has 17 heteroatoms. The topological polar surface area (TPSA) is 124 Å². The first-order valence-corrected chi connectivity index (χ1v) is 8.63. The molecule has 0 aliphatic rings. The van der Waals surface area contributed by atoms with Gasteiger partial charge in [0.1, 0.15) is 10.2 Å². The van der Waals surface area contributed by atoms with Crippen molar-refractivity contribution in [1.82, 2.24) is 9.97 Å². The maximum absolute atomic E-state index is 13.1. The smallest absolute Gasteiger partial charge is 0.313 e. The Morgan fingerprint density at radius 3 is 2.03 bits per heavy atom. The second-order valence-electron chi connectivity index (χ2n) is 5.02. The molecule has 2 rings (SSSR count). The summed E-state index contributed by atoms with van der Waals surface area (Å²) in [5.41, 5.74) is -5.90. The molecule has 0 radical (unpaired) electrons. The molecule has 1 aromatic carbocycles. The maximum Gasteiger partial charge on any atom is 0.418 e. The van der Waals surface area contributed by atoms with Crippen molar-refractivity contribution in [2.45, 2.75) is 9.97 Å². The van der Waals surface area contributed by atoms with Gasteiger partial charge in [-0.25, -0.2) is 9.97 Å². The molecule has 9 nitrogen and oxygen atoms in total. The van der Waals surface area contributed by atoms with E-state index in [0.717, 1.165) is 6.07 Å². The fourth-order valence-electron chi connectivity index (χ4n) is 2.01. The van der Waals surface area contributed by atoms with E-state index in [1.165, 1.54) is 0 Å². The number of aromatic nitrogens is 2. The lowest BCUT2D eigenvalue weighted by Crippen LogP contribution is -2.12. The molecule has 156 valence electrons. The van der Waals surface area contributed by atoms with Gasteiger partial charge in [-0.3, -0.25) is 20.2 Å². The Kier molecular flexibility index (Phi) is 6.55. The third-order valence-corrected chi connectivity index (χ3v) is 4.28. The minimum Gasteiger partial charge on any atom is -0.313 e. The SMILES string of the molecule is O=[N+]([O-])c1cc(C(F)(F)F)c(Cl)c([N+](=O)[O-])c1Nc1nc(Cl)cc(C(Cl)(Cl)Cl)n1. The lowest BCUT2D eigenvalue weighted by molar-refractivity contribution is -0.392. The summed E-state index contributed by atoms with van der Waals surface area (Å²) in [6.07, 6.45) is -5.21. The van der Waals surface area contributed by atoms with Gasteiger partial charge >= 0.3 is 17.6 Å². The van der Waals surface area contributed by atoms with Gasteiger partial charge in [-0.1, -0.05) is 58.0 Å². The average molecular weight is 515 g/mol. The molecule has 2 aromatic rings. The van der Waals surface area contributed by atoms with Gasteiger partial charge in [0.2, 0.25) is 15.4 Å². The summed E-state index contributed by atoms with van der Waals surface area (Å²) in [5, 5.41) is 22.9. The van der Waals surface area contributed by atoms with E-state index in [1.807, 2.05) is 0 Å². The monoisotopic (exact) mass is 513 g/mol. The van der Waals surface area contributed by atoms with Crippen LogP contribution in [0.5, 0.6) is 0 Å². The number of nitro benzene ring substituents is 2. The van der Waals surface area contributed by atoms with Crippen LogP contribution in [0.2, 0.25) is 10.2 Å². The molecule has 0 amide bonds. The molecule has 0 aliphatic heterocycles. The second-order valence-corrected chi connectivity index (χ2v) is 8.06. The van der Waals surface area contributed by atoms with Crippen molar-refractivity contribution in [3.63, 3.8) is 0 Å². The Bertz CT molecular complexity index is 1010. The average Bonchev–Trinajstić information content (AvgIpc) is 2.51. The fourth-order valence-corrected chi connectivity index (χ4v) is 2.81. The van der Waals surface area contributed by atoms with Gasteiger partial charge in [0, 0.05) is 12.1 Å². The van der Waals surface area contributed by atoms with Crippen molar-refractivity contribution in [3.8, 4) is 0 Å². The predicted octanol–water partition coefficient (Wildman–Crippen LogP) is 6.19. The Morgan fingerprint density at radius 1 is 1.00 bits per heavy atom. The zero-order valence-corrected chi connectivity index (χ0v) is 16.9. The molecule has 0 saturated heterocycles. The van der Waals surface area contributed by atoms with Gasteiger partial charge in [-0.05, 0) is 0 Å². The van der Waals surface area contributed by atoms with Crippen molar-refractivity contribution in [2.75, 3.05) is 5.32 Å². The summed E-state index contributed by atoms with van der Waals surface area (Å²) in [4.78, 5) is 27.3. The Balaban J connectivity index is 2.79. The molecule has 29 heavy (non-hydrogen) atoms. The number of anilines is 2. The van der Waals surface area contributed by atoms with E-state index in [2.05, 4.69) is 15.3 Å². The molecule has 1 N–H and O–H groups in total. The van der Waals surface area contributed by atoms with Gasteiger partial charge in [0.25, 0.3) is 0 Å². The van der Waals surface area contributed by atoms with Crippen LogP contribution in [0.1, 0.15) is 11.3 Å². The molecule has 0 spiro atoms. The molecule has 0 atom stereocenters. The number of alkyl halides is 6. The number of hydrogen-bond donors (Lipinski definition) is 1. The molecule has 1 aromatic heterocycles. The van der Waals surface area contributed by atoms with Crippen molar-refractivity contribution >= 4 is 81.0 Å². The summed E-state index contributed by atoms with van der Waals surface area (Å²) in [6.45, 7) is 0. The standard InChI is InChI=1S/C12H3Cl5F3N5O4/c13-6-2-5(11(15,16)17)21-10(22-6)23-8-4(24(26)27)1-3(12(18,19)20)7(14)9(8)25(28)29/h1-2H,(H,21,22,23). The van der Waals surface area contributed by atoms with E-state index in [4.69, 9.17) is 58.0 Å².